The average Bonchev–Trinajstić information content (AvgIpc) is 2.47. The molecule has 5 nitrogen and oxygen atoms in total. The van der Waals surface area contributed by atoms with Gasteiger partial charge in [-0.05, 0) is 31.0 Å². The largest absolute Gasteiger partial charge is 0.353 e. The topological polar surface area (TPSA) is 61.4 Å². The molecule has 0 aliphatic carbocycles. The SMILES string of the molecule is CC[C@@H]1C(=O)NCCN1C(=O)N[C@H](C)c1ccc(F)cc1. The van der Waals surface area contributed by atoms with Crippen LogP contribution in [0, 0.1) is 5.82 Å². The van der Waals surface area contributed by atoms with Crippen molar-refractivity contribution >= 4 is 11.9 Å². The quantitative estimate of drug-likeness (QED) is 0.893. The van der Waals surface area contributed by atoms with Crippen molar-refractivity contribution < 1.29 is 14.0 Å². The number of benzene rings is 1. The fraction of sp³-hybridized carbons (Fsp3) is 0.467. The molecule has 1 aliphatic heterocycles. The van der Waals surface area contributed by atoms with Gasteiger partial charge in [-0.25, -0.2) is 9.18 Å². The molecule has 0 unspecified atom stereocenters. The van der Waals surface area contributed by atoms with Crippen LogP contribution in [-0.4, -0.2) is 36.0 Å². The summed E-state index contributed by atoms with van der Waals surface area (Å²) in [7, 11) is 0. The van der Waals surface area contributed by atoms with E-state index in [1.807, 2.05) is 13.8 Å². The number of urea groups is 1. The number of nitrogens with one attached hydrogen (secondary N) is 2. The minimum Gasteiger partial charge on any atom is -0.353 e. The molecule has 1 aromatic carbocycles. The second-order valence-corrected chi connectivity index (χ2v) is 5.13. The predicted molar refractivity (Wildman–Crippen MR) is 77.1 cm³/mol. The minimum atomic E-state index is -0.431. The normalized spacial score (nSPS) is 19.9. The third-order valence-corrected chi connectivity index (χ3v) is 3.69. The van der Waals surface area contributed by atoms with E-state index < -0.39 is 6.04 Å². The van der Waals surface area contributed by atoms with Crippen LogP contribution in [0.25, 0.3) is 0 Å². The summed E-state index contributed by atoms with van der Waals surface area (Å²) in [6.07, 6.45) is 0.574. The van der Waals surface area contributed by atoms with Crippen molar-refractivity contribution in [3.8, 4) is 0 Å². The summed E-state index contributed by atoms with van der Waals surface area (Å²) in [5.41, 5.74) is 0.819. The highest BCUT2D eigenvalue weighted by molar-refractivity contribution is 5.88. The zero-order valence-corrected chi connectivity index (χ0v) is 12.2. The maximum absolute atomic E-state index is 12.9. The molecule has 6 heteroatoms. The Morgan fingerprint density at radius 1 is 1.48 bits per heavy atom. The van der Waals surface area contributed by atoms with E-state index >= 15 is 0 Å². The van der Waals surface area contributed by atoms with Gasteiger partial charge in [-0.1, -0.05) is 19.1 Å². The van der Waals surface area contributed by atoms with Gasteiger partial charge in [-0.3, -0.25) is 4.79 Å². The molecule has 114 valence electrons. The number of rotatable bonds is 3. The van der Waals surface area contributed by atoms with E-state index in [1.54, 1.807) is 17.0 Å². The average molecular weight is 293 g/mol. The molecule has 1 aromatic rings. The molecular weight excluding hydrogens is 273 g/mol. The first-order chi connectivity index (χ1) is 10.0. The van der Waals surface area contributed by atoms with Crippen molar-refractivity contribution in [1.29, 1.82) is 0 Å². The number of hydrogen-bond acceptors (Lipinski definition) is 2. The first-order valence-corrected chi connectivity index (χ1v) is 7.13. The van der Waals surface area contributed by atoms with Crippen molar-refractivity contribution in [3.63, 3.8) is 0 Å². The summed E-state index contributed by atoms with van der Waals surface area (Å²) < 4.78 is 12.9. The van der Waals surface area contributed by atoms with Gasteiger partial charge in [0.15, 0.2) is 0 Å². The number of piperazine rings is 1. The van der Waals surface area contributed by atoms with Crippen LogP contribution in [0.3, 0.4) is 0 Å². The number of carbonyl (C=O) groups is 2. The smallest absolute Gasteiger partial charge is 0.318 e. The van der Waals surface area contributed by atoms with Crippen molar-refractivity contribution in [2.45, 2.75) is 32.4 Å². The predicted octanol–water partition coefficient (Wildman–Crippen LogP) is 1.81. The van der Waals surface area contributed by atoms with E-state index in [0.717, 1.165) is 5.56 Å². The number of halogens is 1. The van der Waals surface area contributed by atoms with Crippen LogP contribution in [0.1, 0.15) is 31.9 Å². The van der Waals surface area contributed by atoms with Crippen LogP contribution in [-0.2, 0) is 4.79 Å². The molecule has 0 bridgehead atoms. The molecule has 1 fully saturated rings. The summed E-state index contributed by atoms with van der Waals surface area (Å²) in [5.74, 6) is -0.427. The molecule has 0 radical (unpaired) electrons. The van der Waals surface area contributed by atoms with E-state index in [1.165, 1.54) is 12.1 Å². The summed E-state index contributed by atoms with van der Waals surface area (Å²) in [5, 5.41) is 5.61. The zero-order valence-electron chi connectivity index (χ0n) is 12.2. The zero-order chi connectivity index (χ0) is 15.4. The lowest BCUT2D eigenvalue weighted by Crippen LogP contribution is -2.59. The molecule has 21 heavy (non-hydrogen) atoms. The first-order valence-electron chi connectivity index (χ1n) is 7.13. The monoisotopic (exact) mass is 293 g/mol. The summed E-state index contributed by atoms with van der Waals surface area (Å²) in [6.45, 7) is 4.66. The standard InChI is InChI=1S/C15H20FN3O2/c1-3-13-14(20)17-8-9-19(13)15(21)18-10(2)11-4-6-12(16)7-5-11/h4-7,10,13H,3,8-9H2,1-2H3,(H,17,20)(H,18,21)/t10-,13-/m1/s1. The van der Waals surface area contributed by atoms with E-state index in [2.05, 4.69) is 10.6 Å². The van der Waals surface area contributed by atoms with E-state index in [4.69, 9.17) is 0 Å². The van der Waals surface area contributed by atoms with Gasteiger partial charge in [0.05, 0.1) is 6.04 Å². The van der Waals surface area contributed by atoms with E-state index in [9.17, 15) is 14.0 Å². The summed E-state index contributed by atoms with van der Waals surface area (Å²) in [6, 6.07) is 5.05. The number of amides is 3. The van der Waals surface area contributed by atoms with Gasteiger partial charge in [-0.2, -0.15) is 0 Å². The van der Waals surface area contributed by atoms with Crippen LogP contribution < -0.4 is 10.6 Å². The number of nitrogens with zero attached hydrogens (tertiary/aromatic N) is 1. The molecule has 2 rings (SSSR count). The molecule has 1 aliphatic rings. The van der Waals surface area contributed by atoms with E-state index in [-0.39, 0.29) is 23.8 Å². The van der Waals surface area contributed by atoms with Gasteiger partial charge in [0.2, 0.25) is 5.91 Å². The lowest BCUT2D eigenvalue weighted by atomic mass is 10.1. The summed E-state index contributed by atoms with van der Waals surface area (Å²) in [4.78, 5) is 25.6. The minimum absolute atomic E-state index is 0.117. The van der Waals surface area contributed by atoms with Crippen LogP contribution in [0.5, 0.6) is 0 Å². The van der Waals surface area contributed by atoms with Crippen LogP contribution in [0.2, 0.25) is 0 Å². The number of carbonyl (C=O) groups excluding carboxylic acids is 2. The highest BCUT2D eigenvalue weighted by Gasteiger charge is 2.32. The third kappa shape index (κ3) is 3.51. The van der Waals surface area contributed by atoms with Crippen molar-refractivity contribution in [1.82, 2.24) is 15.5 Å². The van der Waals surface area contributed by atoms with Crippen LogP contribution in [0.4, 0.5) is 9.18 Å². The van der Waals surface area contributed by atoms with Gasteiger partial charge < -0.3 is 15.5 Å². The molecule has 2 atom stereocenters. The fourth-order valence-corrected chi connectivity index (χ4v) is 2.47. The molecule has 0 spiro atoms. The Hall–Kier alpha value is -2.11. The molecule has 2 N–H and O–H groups in total. The van der Waals surface area contributed by atoms with Gasteiger partial charge in [0, 0.05) is 13.1 Å². The Kier molecular flexibility index (Phi) is 4.77. The third-order valence-electron chi connectivity index (χ3n) is 3.69. The number of hydrogen-bond donors (Lipinski definition) is 2. The Bertz CT molecular complexity index is 518. The highest BCUT2D eigenvalue weighted by atomic mass is 19.1. The second-order valence-electron chi connectivity index (χ2n) is 5.13. The van der Waals surface area contributed by atoms with Crippen LogP contribution in [0.15, 0.2) is 24.3 Å². The second kappa shape index (κ2) is 6.56. The lowest BCUT2D eigenvalue weighted by molar-refractivity contribution is -0.127. The molecule has 3 amide bonds. The van der Waals surface area contributed by atoms with Gasteiger partial charge in [0.1, 0.15) is 11.9 Å². The molecule has 1 saturated heterocycles. The van der Waals surface area contributed by atoms with Gasteiger partial charge in [-0.15, -0.1) is 0 Å². The van der Waals surface area contributed by atoms with Crippen molar-refractivity contribution in [2.24, 2.45) is 0 Å². The van der Waals surface area contributed by atoms with E-state index in [0.29, 0.717) is 19.5 Å². The summed E-state index contributed by atoms with van der Waals surface area (Å²) >= 11 is 0. The first kappa shape index (κ1) is 15.3. The Labute approximate surface area is 123 Å². The maximum Gasteiger partial charge on any atom is 0.318 e. The molecule has 0 saturated carbocycles. The fourth-order valence-electron chi connectivity index (χ4n) is 2.47. The molecule has 1 heterocycles. The molecule has 0 aromatic heterocycles. The lowest BCUT2D eigenvalue weighted by Gasteiger charge is -2.35. The molecular formula is C15H20FN3O2. The highest BCUT2D eigenvalue weighted by Crippen LogP contribution is 2.15. The Morgan fingerprint density at radius 3 is 2.76 bits per heavy atom. The van der Waals surface area contributed by atoms with Crippen molar-refractivity contribution in [3.05, 3.63) is 35.6 Å². The Balaban J connectivity index is 2.02. The maximum atomic E-state index is 12.9. The van der Waals surface area contributed by atoms with Gasteiger partial charge in [0.25, 0.3) is 0 Å². The Morgan fingerprint density at radius 2 is 2.14 bits per heavy atom. The van der Waals surface area contributed by atoms with Crippen molar-refractivity contribution in [2.75, 3.05) is 13.1 Å². The van der Waals surface area contributed by atoms with Gasteiger partial charge >= 0.3 is 6.03 Å². The van der Waals surface area contributed by atoms with Crippen LogP contribution >= 0.6 is 0 Å².